The Labute approximate surface area is 179 Å². The predicted octanol–water partition coefficient (Wildman–Crippen LogP) is 4.06. The number of hydrogen-bond acceptors (Lipinski definition) is 6. The zero-order valence-corrected chi connectivity index (χ0v) is 17.3. The number of anilines is 1. The van der Waals surface area contributed by atoms with Crippen molar-refractivity contribution in [2.45, 2.75) is 38.9 Å². The second kappa shape index (κ2) is 7.21. The first kappa shape index (κ1) is 20.3. The second-order valence-electron chi connectivity index (χ2n) is 7.85. The lowest BCUT2D eigenvalue weighted by atomic mass is 10.1. The average molecular weight is 444 g/mol. The third-order valence-corrected chi connectivity index (χ3v) is 5.73. The molecule has 1 aromatic carbocycles. The van der Waals surface area contributed by atoms with E-state index in [0.29, 0.717) is 11.3 Å². The van der Waals surface area contributed by atoms with Crippen LogP contribution in [-0.2, 0) is 6.18 Å². The molecule has 166 valence electrons. The Morgan fingerprint density at radius 3 is 2.56 bits per heavy atom. The van der Waals surface area contributed by atoms with Gasteiger partial charge in [-0.05, 0) is 32.3 Å². The van der Waals surface area contributed by atoms with E-state index in [1.807, 2.05) is 11.8 Å². The molecule has 0 amide bonds. The Kier molecular flexibility index (Phi) is 4.57. The number of halogens is 3. The molecule has 8 nitrogen and oxygen atoms in total. The van der Waals surface area contributed by atoms with Crippen molar-refractivity contribution >= 4 is 11.7 Å². The quantitative estimate of drug-likeness (QED) is 0.513. The maximum absolute atomic E-state index is 13.8. The van der Waals surface area contributed by atoms with Crippen molar-refractivity contribution < 1.29 is 17.6 Å². The molecule has 0 radical (unpaired) electrons. The van der Waals surface area contributed by atoms with E-state index in [9.17, 15) is 18.0 Å². The van der Waals surface area contributed by atoms with Crippen LogP contribution in [0.15, 0.2) is 39.5 Å². The molecule has 4 heterocycles. The number of fused-ring (bicyclic) bond motifs is 1. The Balaban J connectivity index is 1.71. The van der Waals surface area contributed by atoms with Crippen LogP contribution in [0.4, 0.5) is 19.2 Å². The highest BCUT2D eigenvalue weighted by atomic mass is 19.4. The fourth-order valence-corrected chi connectivity index (χ4v) is 4.17. The second-order valence-corrected chi connectivity index (χ2v) is 7.85. The summed E-state index contributed by atoms with van der Waals surface area (Å²) in [5.74, 6) is -0.0648. The van der Waals surface area contributed by atoms with Gasteiger partial charge in [-0.25, -0.2) is 0 Å². The lowest BCUT2D eigenvalue weighted by Crippen LogP contribution is -2.26. The zero-order valence-electron chi connectivity index (χ0n) is 17.3. The van der Waals surface area contributed by atoms with Crippen LogP contribution >= 0.6 is 0 Å². The number of H-pyrrole nitrogens is 1. The van der Waals surface area contributed by atoms with Crippen LogP contribution in [0.5, 0.6) is 0 Å². The number of nitrogens with one attached hydrogen (secondary N) is 1. The van der Waals surface area contributed by atoms with E-state index in [4.69, 9.17) is 4.42 Å². The Morgan fingerprint density at radius 2 is 1.91 bits per heavy atom. The van der Waals surface area contributed by atoms with Crippen molar-refractivity contribution in [3.05, 3.63) is 52.1 Å². The van der Waals surface area contributed by atoms with E-state index in [-0.39, 0.29) is 34.7 Å². The fraction of sp³-hybridized carbons (Fsp3) is 0.333. The van der Waals surface area contributed by atoms with Crippen molar-refractivity contribution in [3.63, 3.8) is 0 Å². The molecule has 4 aromatic rings. The summed E-state index contributed by atoms with van der Waals surface area (Å²) >= 11 is 0. The van der Waals surface area contributed by atoms with Gasteiger partial charge < -0.3 is 14.3 Å². The predicted molar refractivity (Wildman–Crippen MR) is 110 cm³/mol. The standard InChI is InChI=1S/C21H19F3N6O2/c1-11-7-6-10-29(11)20-27-26-18(32-20)14-12(2)25-17-15(13-8-4-3-5-9-13)16(21(22,23)24)28-30(17)19(14)31/h3-5,8-9,11,25H,6-7,10H2,1-2H3. The first-order chi connectivity index (χ1) is 15.3. The van der Waals surface area contributed by atoms with Crippen LogP contribution in [0.2, 0.25) is 0 Å². The normalized spacial score (nSPS) is 16.9. The highest BCUT2D eigenvalue weighted by Gasteiger charge is 2.39. The number of benzene rings is 1. The third-order valence-electron chi connectivity index (χ3n) is 5.73. The van der Waals surface area contributed by atoms with Gasteiger partial charge in [-0.2, -0.15) is 22.8 Å². The number of aromatic nitrogens is 5. The maximum Gasteiger partial charge on any atom is 0.435 e. The zero-order chi connectivity index (χ0) is 22.6. The van der Waals surface area contributed by atoms with E-state index in [2.05, 4.69) is 20.3 Å². The minimum absolute atomic E-state index is 0.0149. The first-order valence-electron chi connectivity index (χ1n) is 10.1. The molecule has 1 N–H and O–H groups in total. The fourth-order valence-electron chi connectivity index (χ4n) is 4.17. The molecule has 0 aliphatic carbocycles. The topological polar surface area (TPSA) is 92.3 Å². The Hall–Kier alpha value is -3.63. The van der Waals surface area contributed by atoms with Crippen molar-refractivity contribution in [2.75, 3.05) is 11.4 Å². The van der Waals surface area contributed by atoms with Gasteiger partial charge in [0.05, 0.1) is 5.56 Å². The number of aromatic amines is 1. The van der Waals surface area contributed by atoms with Gasteiger partial charge in [0.15, 0.2) is 5.69 Å². The van der Waals surface area contributed by atoms with Gasteiger partial charge in [0.1, 0.15) is 11.2 Å². The smallest absolute Gasteiger partial charge is 0.403 e. The molecule has 1 aliphatic rings. The van der Waals surface area contributed by atoms with E-state index < -0.39 is 17.4 Å². The van der Waals surface area contributed by atoms with Gasteiger partial charge >= 0.3 is 12.2 Å². The summed E-state index contributed by atoms with van der Waals surface area (Å²) < 4.78 is 47.9. The van der Waals surface area contributed by atoms with Gasteiger partial charge in [0, 0.05) is 18.3 Å². The van der Waals surface area contributed by atoms with Gasteiger partial charge in [-0.3, -0.25) is 4.79 Å². The number of aryl methyl sites for hydroxylation is 1. The van der Waals surface area contributed by atoms with Gasteiger partial charge in [0.25, 0.3) is 11.4 Å². The van der Waals surface area contributed by atoms with Crippen molar-refractivity contribution in [1.82, 2.24) is 24.8 Å². The molecule has 0 bridgehead atoms. The van der Waals surface area contributed by atoms with Crippen LogP contribution in [0.1, 0.15) is 31.2 Å². The van der Waals surface area contributed by atoms with E-state index >= 15 is 0 Å². The summed E-state index contributed by atoms with van der Waals surface area (Å²) in [5, 5.41) is 11.7. The summed E-state index contributed by atoms with van der Waals surface area (Å²) in [6.45, 7) is 4.37. The van der Waals surface area contributed by atoms with Crippen LogP contribution in [0.3, 0.4) is 0 Å². The van der Waals surface area contributed by atoms with Gasteiger partial charge in [-0.15, -0.1) is 5.10 Å². The Bertz CT molecular complexity index is 1360. The van der Waals surface area contributed by atoms with Crippen molar-refractivity contribution in [2.24, 2.45) is 0 Å². The Morgan fingerprint density at radius 1 is 1.16 bits per heavy atom. The largest absolute Gasteiger partial charge is 0.435 e. The first-order valence-corrected chi connectivity index (χ1v) is 10.1. The third kappa shape index (κ3) is 3.15. The molecule has 1 fully saturated rings. The molecular weight excluding hydrogens is 425 g/mol. The van der Waals surface area contributed by atoms with Crippen molar-refractivity contribution in [3.8, 4) is 22.6 Å². The summed E-state index contributed by atoms with van der Waals surface area (Å²) in [5.41, 5.74) is -1.58. The van der Waals surface area contributed by atoms with Crippen LogP contribution < -0.4 is 10.5 Å². The summed E-state index contributed by atoms with van der Waals surface area (Å²) in [6, 6.07) is 8.52. The minimum atomic E-state index is -4.75. The molecule has 3 aromatic heterocycles. The molecule has 5 rings (SSSR count). The average Bonchev–Trinajstić information content (AvgIpc) is 3.46. The highest BCUT2D eigenvalue weighted by molar-refractivity contribution is 5.81. The van der Waals surface area contributed by atoms with E-state index in [0.717, 1.165) is 23.9 Å². The summed E-state index contributed by atoms with van der Waals surface area (Å²) in [4.78, 5) is 18.1. The minimum Gasteiger partial charge on any atom is -0.403 e. The summed E-state index contributed by atoms with van der Waals surface area (Å²) in [6.07, 6.45) is -2.78. The van der Waals surface area contributed by atoms with Gasteiger partial charge in [-0.1, -0.05) is 35.4 Å². The molecule has 32 heavy (non-hydrogen) atoms. The number of hydrogen-bond donors (Lipinski definition) is 1. The number of alkyl halides is 3. The molecule has 0 saturated carbocycles. The maximum atomic E-state index is 13.8. The van der Waals surface area contributed by atoms with E-state index in [1.54, 1.807) is 25.1 Å². The number of nitrogens with zero attached hydrogens (tertiary/aromatic N) is 5. The van der Waals surface area contributed by atoms with E-state index in [1.165, 1.54) is 12.1 Å². The lowest BCUT2D eigenvalue weighted by Gasteiger charge is -2.17. The highest BCUT2D eigenvalue weighted by Crippen LogP contribution is 2.38. The molecule has 1 atom stereocenters. The molecule has 1 aliphatic heterocycles. The number of rotatable bonds is 3. The molecule has 0 spiro atoms. The van der Waals surface area contributed by atoms with Crippen LogP contribution in [-0.4, -0.2) is 37.4 Å². The molecular formula is C21H19F3N6O2. The van der Waals surface area contributed by atoms with Gasteiger partial charge in [0.2, 0.25) is 0 Å². The SMILES string of the molecule is Cc1[nH]c2c(-c3ccccc3)c(C(F)(F)F)nn2c(=O)c1-c1nnc(N2CCCC2C)o1. The monoisotopic (exact) mass is 444 g/mol. The lowest BCUT2D eigenvalue weighted by molar-refractivity contribution is -0.140. The molecule has 1 unspecified atom stereocenters. The molecule has 11 heteroatoms. The summed E-state index contributed by atoms with van der Waals surface area (Å²) in [7, 11) is 0. The van der Waals surface area contributed by atoms with Crippen LogP contribution in [0.25, 0.3) is 28.2 Å². The van der Waals surface area contributed by atoms with Crippen molar-refractivity contribution in [1.29, 1.82) is 0 Å². The molecule has 1 saturated heterocycles. The van der Waals surface area contributed by atoms with Crippen LogP contribution in [0, 0.1) is 6.92 Å².